The van der Waals surface area contributed by atoms with Crippen molar-refractivity contribution in [2.75, 3.05) is 6.26 Å². The third-order valence-electron chi connectivity index (χ3n) is 3.72. The minimum absolute atomic E-state index is 0.125. The SMILES string of the molecule is CS(=O)(=O)c1ccc(Br)cc1C1(C(=O)O)CCCC1. The van der Waals surface area contributed by atoms with Crippen LogP contribution in [0.4, 0.5) is 0 Å². The van der Waals surface area contributed by atoms with E-state index in [1.807, 2.05) is 0 Å². The molecular weight excluding hydrogens is 332 g/mol. The van der Waals surface area contributed by atoms with Crippen LogP contribution in [0.15, 0.2) is 27.6 Å². The van der Waals surface area contributed by atoms with E-state index in [0.29, 0.717) is 22.9 Å². The second kappa shape index (κ2) is 4.90. The molecule has 0 radical (unpaired) electrons. The molecule has 1 saturated carbocycles. The van der Waals surface area contributed by atoms with Crippen LogP contribution < -0.4 is 0 Å². The fraction of sp³-hybridized carbons (Fsp3) is 0.462. The van der Waals surface area contributed by atoms with Crippen LogP contribution in [0.3, 0.4) is 0 Å². The average molecular weight is 347 g/mol. The number of carbonyl (C=O) groups is 1. The molecule has 2 rings (SSSR count). The van der Waals surface area contributed by atoms with E-state index in [9.17, 15) is 18.3 Å². The minimum atomic E-state index is -3.44. The maximum atomic E-state index is 11.9. The summed E-state index contributed by atoms with van der Waals surface area (Å²) in [6.45, 7) is 0. The molecule has 6 heteroatoms. The number of carboxylic acid groups (broad SMARTS) is 1. The number of halogens is 1. The number of rotatable bonds is 3. The quantitative estimate of drug-likeness (QED) is 0.913. The van der Waals surface area contributed by atoms with Gasteiger partial charge in [0.05, 0.1) is 10.3 Å². The third-order valence-corrected chi connectivity index (χ3v) is 5.37. The molecule has 4 nitrogen and oxygen atoms in total. The Balaban J connectivity index is 2.73. The zero-order chi connectivity index (χ0) is 14.3. The van der Waals surface area contributed by atoms with Crippen LogP contribution in [0.2, 0.25) is 0 Å². The molecule has 1 aliphatic rings. The standard InChI is InChI=1S/C13H15BrO4S/c1-19(17,18)11-5-4-9(14)8-10(11)13(12(15)16)6-2-3-7-13/h4-5,8H,2-3,6-7H2,1H3,(H,15,16). The van der Waals surface area contributed by atoms with Crippen molar-refractivity contribution in [3.8, 4) is 0 Å². The Labute approximate surface area is 120 Å². The Bertz CT molecular complexity index is 616. The largest absolute Gasteiger partial charge is 0.481 e. The Morgan fingerprint density at radius 3 is 2.37 bits per heavy atom. The van der Waals surface area contributed by atoms with Gasteiger partial charge in [-0.25, -0.2) is 8.42 Å². The van der Waals surface area contributed by atoms with Gasteiger partial charge >= 0.3 is 5.97 Å². The zero-order valence-electron chi connectivity index (χ0n) is 10.5. The Morgan fingerprint density at radius 2 is 1.89 bits per heavy atom. The van der Waals surface area contributed by atoms with Gasteiger partial charge in [0.15, 0.2) is 9.84 Å². The van der Waals surface area contributed by atoms with Crippen LogP contribution in [0.5, 0.6) is 0 Å². The van der Waals surface area contributed by atoms with E-state index < -0.39 is 21.2 Å². The number of hydrogen-bond acceptors (Lipinski definition) is 3. The summed E-state index contributed by atoms with van der Waals surface area (Å²) in [6, 6.07) is 4.75. The summed E-state index contributed by atoms with van der Waals surface area (Å²) in [5.74, 6) is -0.937. The van der Waals surface area contributed by atoms with Gasteiger partial charge in [-0.3, -0.25) is 4.79 Å². The molecule has 1 aromatic carbocycles. The van der Waals surface area contributed by atoms with Crippen LogP contribution in [0.25, 0.3) is 0 Å². The number of sulfone groups is 1. The molecule has 1 aliphatic carbocycles. The number of hydrogen-bond donors (Lipinski definition) is 1. The van der Waals surface area contributed by atoms with Gasteiger partial charge in [0.2, 0.25) is 0 Å². The molecule has 0 unspecified atom stereocenters. The molecule has 19 heavy (non-hydrogen) atoms. The van der Waals surface area contributed by atoms with Gasteiger partial charge in [0.1, 0.15) is 0 Å². The van der Waals surface area contributed by atoms with Crippen molar-refractivity contribution in [1.29, 1.82) is 0 Å². The molecule has 0 spiro atoms. The molecule has 0 bridgehead atoms. The van der Waals surface area contributed by atoms with E-state index in [2.05, 4.69) is 15.9 Å². The monoisotopic (exact) mass is 346 g/mol. The predicted octanol–water partition coefficient (Wildman–Crippen LogP) is 2.75. The molecule has 0 amide bonds. The third kappa shape index (κ3) is 2.56. The molecule has 0 heterocycles. The van der Waals surface area contributed by atoms with Gasteiger partial charge in [-0.15, -0.1) is 0 Å². The summed E-state index contributed by atoms with van der Waals surface area (Å²) in [4.78, 5) is 11.8. The second-order valence-corrected chi connectivity index (χ2v) is 7.91. The number of benzene rings is 1. The van der Waals surface area contributed by atoms with Gasteiger partial charge in [-0.1, -0.05) is 28.8 Å². The molecule has 0 atom stereocenters. The average Bonchev–Trinajstić information content (AvgIpc) is 2.77. The van der Waals surface area contributed by atoms with Crippen molar-refractivity contribution in [2.45, 2.75) is 36.0 Å². The van der Waals surface area contributed by atoms with Crippen molar-refractivity contribution in [3.05, 3.63) is 28.2 Å². The highest BCUT2D eigenvalue weighted by Crippen LogP contribution is 2.44. The van der Waals surface area contributed by atoms with Crippen LogP contribution in [-0.4, -0.2) is 25.7 Å². The fourth-order valence-electron chi connectivity index (χ4n) is 2.78. The Morgan fingerprint density at radius 1 is 1.32 bits per heavy atom. The summed E-state index contributed by atoms with van der Waals surface area (Å²) < 4.78 is 24.5. The normalized spacial score (nSPS) is 18.4. The maximum absolute atomic E-state index is 11.9. The van der Waals surface area contributed by atoms with Gasteiger partial charge in [0, 0.05) is 10.7 Å². The van der Waals surface area contributed by atoms with Crippen molar-refractivity contribution < 1.29 is 18.3 Å². The van der Waals surface area contributed by atoms with Crippen LogP contribution in [0, 0.1) is 0 Å². The van der Waals surface area contributed by atoms with E-state index >= 15 is 0 Å². The lowest BCUT2D eigenvalue weighted by Crippen LogP contribution is -2.34. The first-order chi connectivity index (χ1) is 8.77. The highest BCUT2D eigenvalue weighted by molar-refractivity contribution is 9.10. The molecule has 0 saturated heterocycles. The summed E-state index contributed by atoms with van der Waals surface area (Å²) >= 11 is 3.30. The first-order valence-electron chi connectivity index (χ1n) is 6.01. The minimum Gasteiger partial charge on any atom is -0.481 e. The molecular formula is C13H15BrO4S. The van der Waals surface area contributed by atoms with E-state index in [1.165, 1.54) is 6.07 Å². The molecule has 0 aliphatic heterocycles. The lowest BCUT2D eigenvalue weighted by Gasteiger charge is -2.26. The fourth-order valence-corrected chi connectivity index (χ4v) is 4.11. The summed E-state index contributed by atoms with van der Waals surface area (Å²) in [6.07, 6.45) is 3.71. The lowest BCUT2D eigenvalue weighted by atomic mass is 9.79. The van der Waals surface area contributed by atoms with Crippen molar-refractivity contribution in [1.82, 2.24) is 0 Å². The van der Waals surface area contributed by atoms with Gasteiger partial charge < -0.3 is 5.11 Å². The van der Waals surface area contributed by atoms with Crippen molar-refractivity contribution >= 4 is 31.7 Å². The van der Waals surface area contributed by atoms with Gasteiger partial charge in [-0.2, -0.15) is 0 Å². The molecule has 1 N–H and O–H groups in total. The highest BCUT2D eigenvalue weighted by Gasteiger charge is 2.45. The van der Waals surface area contributed by atoms with E-state index in [0.717, 1.165) is 19.1 Å². The van der Waals surface area contributed by atoms with Crippen molar-refractivity contribution in [2.24, 2.45) is 0 Å². The maximum Gasteiger partial charge on any atom is 0.314 e. The Kier molecular flexibility index (Phi) is 3.75. The van der Waals surface area contributed by atoms with E-state index in [1.54, 1.807) is 12.1 Å². The second-order valence-electron chi connectivity index (χ2n) is 5.01. The molecule has 104 valence electrons. The molecule has 1 aromatic rings. The predicted molar refractivity (Wildman–Crippen MR) is 75.0 cm³/mol. The molecule has 0 aromatic heterocycles. The number of carboxylic acids is 1. The first kappa shape index (κ1) is 14.5. The number of aliphatic carboxylic acids is 1. The molecule has 1 fully saturated rings. The van der Waals surface area contributed by atoms with Gasteiger partial charge in [0.25, 0.3) is 0 Å². The van der Waals surface area contributed by atoms with Gasteiger partial charge in [-0.05, 0) is 36.6 Å². The van der Waals surface area contributed by atoms with E-state index in [-0.39, 0.29) is 4.90 Å². The van der Waals surface area contributed by atoms with Crippen LogP contribution >= 0.6 is 15.9 Å². The summed E-state index contributed by atoms with van der Waals surface area (Å²) in [5, 5.41) is 9.59. The Hall–Kier alpha value is -0.880. The van der Waals surface area contributed by atoms with Crippen LogP contribution in [0.1, 0.15) is 31.2 Å². The lowest BCUT2D eigenvalue weighted by molar-refractivity contribution is -0.143. The zero-order valence-corrected chi connectivity index (χ0v) is 12.9. The highest BCUT2D eigenvalue weighted by atomic mass is 79.9. The van der Waals surface area contributed by atoms with E-state index in [4.69, 9.17) is 0 Å². The topological polar surface area (TPSA) is 71.4 Å². The summed E-state index contributed by atoms with van der Waals surface area (Å²) in [5.41, 5.74) is -0.656. The smallest absolute Gasteiger partial charge is 0.314 e. The van der Waals surface area contributed by atoms with Crippen LogP contribution in [-0.2, 0) is 20.0 Å². The first-order valence-corrected chi connectivity index (χ1v) is 8.69. The van der Waals surface area contributed by atoms with Crippen molar-refractivity contribution in [3.63, 3.8) is 0 Å². The summed E-state index contributed by atoms with van der Waals surface area (Å²) in [7, 11) is -3.44.